The van der Waals surface area contributed by atoms with E-state index in [0.29, 0.717) is 13.0 Å². The highest BCUT2D eigenvalue weighted by Gasteiger charge is 2.31. The van der Waals surface area contributed by atoms with E-state index in [2.05, 4.69) is 12.2 Å². The molecule has 0 aliphatic heterocycles. The van der Waals surface area contributed by atoms with Crippen LogP contribution in [0, 0.1) is 12.7 Å². The predicted octanol–water partition coefficient (Wildman–Crippen LogP) is 5.89. The molecule has 1 atom stereocenters. The van der Waals surface area contributed by atoms with Crippen molar-refractivity contribution < 1.29 is 14.0 Å². The van der Waals surface area contributed by atoms with Crippen LogP contribution in [-0.2, 0) is 29.0 Å². The van der Waals surface area contributed by atoms with Gasteiger partial charge in [-0.2, -0.15) is 0 Å². The average Bonchev–Trinajstić information content (AvgIpc) is 2.85. The Morgan fingerprint density at radius 3 is 2.34 bits per heavy atom. The standard InChI is InChI=1S/C29H32ClFN2O2/c1-3-4-17-32-29(35)27(18-22-9-6-5-7-10-22)33(20-23-15-13-21(2)14-16-23)28(34)19-24-25(30)11-8-12-26(24)31/h5-16,27H,3-4,17-20H2,1-2H3,(H,32,35). The summed E-state index contributed by atoms with van der Waals surface area (Å²) in [4.78, 5) is 28.6. The third-order valence-corrected chi connectivity index (χ3v) is 6.32. The molecular weight excluding hydrogens is 463 g/mol. The molecule has 3 aromatic carbocycles. The molecular formula is C29H32ClFN2O2. The molecule has 0 spiro atoms. The lowest BCUT2D eigenvalue weighted by Gasteiger charge is -2.32. The van der Waals surface area contributed by atoms with Crippen molar-refractivity contribution in [1.29, 1.82) is 0 Å². The SMILES string of the molecule is CCCCNC(=O)C(Cc1ccccc1)N(Cc1ccc(C)cc1)C(=O)Cc1c(F)cccc1Cl. The van der Waals surface area contributed by atoms with Crippen molar-refractivity contribution in [2.75, 3.05) is 6.54 Å². The summed E-state index contributed by atoms with van der Waals surface area (Å²) in [6.07, 6.45) is 1.91. The van der Waals surface area contributed by atoms with Gasteiger partial charge in [0.2, 0.25) is 11.8 Å². The van der Waals surface area contributed by atoms with Gasteiger partial charge in [-0.1, -0.05) is 91.2 Å². The first-order chi connectivity index (χ1) is 16.9. The summed E-state index contributed by atoms with van der Waals surface area (Å²) < 4.78 is 14.5. The molecule has 0 radical (unpaired) electrons. The van der Waals surface area contributed by atoms with Gasteiger partial charge in [-0.05, 0) is 36.6 Å². The summed E-state index contributed by atoms with van der Waals surface area (Å²) in [6.45, 7) is 4.81. The quantitative estimate of drug-likeness (QED) is 0.338. The van der Waals surface area contributed by atoms with Crippen LogP contribution in [0.4, 0.5) is 4.39 Å². The van der Waals surface area contributed by atoms with Gasteiger partial charge in [0, 0.05) is 30.1 Å². The van der Waals surface area contributed by atoms with Crippen LogP contribution in [0.2, 0.25) is 5.02 Å². The summed E-state index contributed by atoms with van der Waals surface area (Å²) >= 11 is 6.22. The number of benzene rings is 3. The molecule has 0 saturated carbocycles. The van der Waals surface area contributed by atoms with Gasteiger partial charge in [-0.3, -0.25) is 9.59 Å². The van der Waals surface area contributed by atoms with Gasteiger partial charge in [0.25, 0.3) is 0 Å². The molecule has 35 heavy (non-hydrogen) atoms. The first-order valence-corrected chi connectivity index (χ1v) is 12.4. The molecule has 6 heteroatoms. The maximum Gasteiger partial charge on any atom is 0.243 e. The topological polar surface area (TPSA) is 49.4 Å². The van der Waals surface area contributed by atoms with Crippen molar-refractivity contribution in [3.63, 3.8) is 0 Å². The van der Waals surface area contributed by atoms with Gasteiger partial charge >= 0.3 is 0 Å². The fourth-order valence-corrected chi connectivity index (χ4v) is 4.13. The number of nitrogens with one attached hydrogen (secondary N) is 1. The van der Waals surface area contributed by atoms with Crippen LogP contribution >= 0.6 is 11.6 Å². The first kappa shape index (κ1) is 26.4. The molecule has 1 unspecified atom stereocenters. The van der Waals surface area contributed by atoms with Crippen LogP contribution in [0.25, 0.3) is 0 Å². The second kappa shape index (κ2) is 13.1. The van der Waals surface area contributed by atoms with Crippen LogP contribution in [0.15, 0.2) is 72.8 Å². The van der Waals surface area contributed by atoms with Crippen molar-refractivity contribution in [3.8, 4) is 0 Å². The van der Waals surface area contributed by atoms with E-state index in [4.69, 9.17) is 11.6 Å². The van der Waals surface area contributed by atoms with E-state index >= 15 is 0 Å². The molecule has 0 aliphatic carbocycles. The molecule has 0 aliphatic rings. The molecule has 0 aromatic heterocycles. The highest BCUT2D eigenvalue weighted by molar-refractivity contribution is 6.31. The minimum atomic E-state index is -0.756. The van der Waals surface area contributed by atoms with Gasteiger partial charge in [-0.25, -0.2) is 4.39 Å². The summed E-state index contributed by atoms with van der Waals surface area (Å²) in [5, 5.41) is 3.18. The molecule has 0 saturated heterocycles. The first-order valence-electron chi connectivity index (χ1n) is 12.0. The summed E-state index contributed by atoms with van der Waals surface area (Å²) in [6, 6.07) is 21.0. The van der Waals surface area contributed by atoms with Crippen LogP contribution < -0.4 is 5.32 Å². The monoisotopic (exact) mass is 494 g/mol. The minimum absolute atomic E-state index is 0.137. The Kier molecular flexibility index (Phi) is 9.86. The summed E-state index contributed by atoms with van der Waals surface area (Å²) in [5.41, 5.74) is 3.07. The third-order valence-electron chi connectivity index (χ3n) is 5.96. The second-order valence-electron chi connectivity index (χ2n) is 8.73. The Labute approximate surface area is 212 Å². The van der Waals surface area contributed by atoms with Crippen molar-refractivity contribution in [1.82, 2.24) is 10.2 Å². The molecule has 3 rings (SSSR count). The van der Waals surface area contributed by atoms with E-state index in [1.807, 2.05) is 61.5 Å². The third kappa shape index (κ3) is 7.66. The van der Waals surface area contributed by atoms with Gasteiger partial charge < -0.3 is 10.2 Å². The number of hydrogen-bond donors (Lipinski definition) is 1. The number of carbonyl (C=O) groups excluding carboxylic acids is 2. The molecule has 0 fully saturated rings. The van der Waals surface area contributed by atoms with Crippen LogP contribution in [0.3, 0.4) is 0 Å². The lowest BCUT2D eigenvalue weighted by Crippen LogP contribution is -2.51. The number of aryl methyl sites for hydroxylation is 1. The highest BCUT2D eigenvalue weighted by atomic mass is 35.5. The minimum Gasteiger partial charge on any atom is -0.354 e. The Balaban J connectivity index is 1.97. The average molecular weight is 495 g/mol. The lowest BCUT2D eigenvalue weighted by atomic mass is 10.0. The van der Waals surface area contributed by atoms with Gasteiger partial charge in [0.15, 0.2) is 0 Å². The van der Waals surface area contributed by atoms with E-state index in [-0.39, 0.29) is 35.4 Å². The number of rotatable bonds is 11. The summed E-state index contributed by atoms with van der Waals surface area (Å²) in [7, 11) is 0. The number of nitrogens with zero attached hydrogens (tertiary/aromatic N) is 1. The Hall–Kier alpha value is -3.18. The predicted molar refractivity (Wildman–Crippen MR) is 139 cm³/mol. The second-order valence-corrected chi connectivity index (χ2v) is 9.14. The van der Waals surface area contributed by atoms with Crippen molar-refractivity contribution in [2.24, 2.45) is 0 Å². The van der Waals surface area contributed by atoms with E-state index < -0.39 is 11.9 Å². The molecule has 3 aromatic rings. The van der Waals surface area contributed by atoms with Gasteiger partial charge in [0.1, 0.15) is 11.9 Å². The van der Waals surface area contributed by atoms with Crippen LogP contribution in [0.5, 0.6) is 0 Å². The highest BCUT2D eigenvalue weighted by Crippen LogP contribution is 2.22. The van der Waals surface area contributed by atoms with Crippen molar-refractivity contribution in [2.45, 2.75) is 52.1 Å². The fourth-order valence-electron chi connectivity index (χ4n) is 3.90. The zero-order chi connectivity index (χ0) is 25.2. The molecule has 2 amide bonds. The number of halogens is 2. The van der Waals surface area contributed by atoms with E-state index in [1.165, 1.54) is 12.1 Å². The number of carbonyl (C=O) groups is 2. The zero-order valence-corrected chi connectivity index (χ0v) is 21.0. The lowest BCUT2D eigenvalue weighted by molar-refractivity contribution is -0.140. The number of hydrogen-bond acceptors (Lipinski definition) is 2. The largest absolute Gasteiger partial charge is 0.354 e. The maximum absolute atomic E-state index is 14.5. The summed E-state index contributed by atoms with van der Waals surface area (Å²) in [5.74, 6) is -1.11. The maximum atomic E-state index is 14.5. The van der Waals surface area contributed by atoms with E-state index in [0.717, 1.165) is 29.5 Å². The fraction of sp³-hybridized carbons (Fsp3) is 0.310. The Bertz CT molecular complexity index is 1100. The van der Waals surface area contributed by atoms with E-state index in [1.54, 1.807) is 11.0 Å². The smallest absolute Gasteiger partial charge is 0.243 e. The van der Waals surface area contributed by atoms with E-state index in [9.17, 15) is 14.0 Å². The number of amides is 2. The van der Waals surface area contributed by atoms with Crippen molar-refractivity contribution in [3.05, 3.63) is 106 Å². The molecule has 1 N–H and O–H groups in total. The van der Waals surface area contributed by atoms with Crippen LogP contribution in [0.1, 0.15) is 42.0 Å². The normalized spacial score (nSPS) is 11.7. The number of unbranched alkanes of at least 4 members (excludes halogenated alkanes) is 1. The molecule has 0 bridgehead atoms. The molecule has 184 valence electrons. The zero-order valence-electron chi connectivity index (χ0n) is 20.3. The van der Waals surface area contributed by atoms with Gasteiger partial charge in [-0.15, -0.1) is 0 Å². The van der Waals surface area contributed by atoms with Crippen LogP contribution in [-0.4, -0.2) is 29.3 Å². The Morgan fingerprint density at radius 2 is 1.69 bits per heavy atom. The van der Waals surface area contributed by atoms with Gasteiger partial charge in [0.05, 0.1) is 6.42 Å². The Morgan fingerprint density at radius 1 is 0.971 bits per heavy atom. The molecule has 0 heterocycles. The van der Waals surface area contributed by atoms with Crippen molar-refractivity contribution >= 4 is 23.4 Å². The molecule has 4 nitrogen and oxygen atoms in total.